The summed E-state index contributed by atoms with van der Waals surface area (Å²) in [4.78, 5) is 41.2. The number of hydrogen-bond donors (Lipinski definition) is 2. The van der Waals surface area contributed by atoms with Crippen molar-refractivity contribution < 1.29 is 19.4 Å². The fourth-order valence-corrected chi connectivity index (χ4v) is 3.82. The van der Waals surface area contributed by atoms with Gasteiger partial charge in [-0.15, -0.1) is 0 Å². The molecule has 0 radical (unpaired) electrons. The summed E-state index contributed by atoms with van der Waals surface area (Å²) in [7, 11) is 0. The first-order valence-electron chi connectivity index (χ1n) is 11.5. The summed E-state index contributed by atoms with van der Waals surface area (Å²) in [5.41, 5.74) is 7.79. The summed E-state index contributed by atoms with van der Waals surface area (Å²) in [6, 6.07) is 9.57. The number of benzene rings is 1. The topological polar surface area (TPSA) is 153 Å². The molecule has 0 aliphatic carbocycles. The van der Waals surface area contributed by atoms with Gasteiger partial charge in [-0.3, -0.25) is 4.79 Å². The number of aryl methyl sites for hydroxylation is 1. The minimum atomic E-state index is -0.666. The van der Waals surface area contributed by atoms with Gasteiger partial charge in [0.05, 0.1) is 12.3 Å². The van der Waals surface area contributed by atoms with Crippen LogP contribution >= 0.6 is 0 Å². The van der Waals surface area contributed by atoms with Crippen LogP contribution in [0.5, 0.6) is 0 Å². The van der Waals surface area contributed by atoms with Crippen LogP contribution in [0.1, 0.15) is 40.0 Å². The van der Waals surface area contributed by atoms with Crippen LogP contribution in [0.3, 0.4) is 0 Å². The molecule has 1 amide bonds. The van der Waals surface area contributed by atoms with Gasteiger partial charge in [-0.1, -0.05) is 18.2 Å². The van der Waals surface area contributed by atoms with Crippen molar-refractivity contribution in [1.82, 2.24) is 29.6 Å². The van der Waals surface area contributed by atoms with Crippen molar-refractivity contribution in [2.45, 2.75) is 19.8 Å². The molecule has 184 valence electrons. The number of carbonyl (C=O) groups is 2. The van der Waals surface area contributed by atoms with E-state index in [2.05, 4.69) is 20.1 Å². The smallest absolute Gasteiger partial charge is 0.376 e. The van der Waals surface area contributed by atoms with Crippen LogP contribution in [-0.4, -0.2) is 86.0 Å². The van der Waals surface area contributed by atoms with E-state index in [-0.39, 0.29) is 36.8 Å². The van der Waals surface area contributed by atoms with E-state index in [1.54, 1.807) is 16.5 Å². The number of rotatable bonds is 8. The Hall–Kier alpha value is -4.06. The van der Waals surface area contributed by atoms with Crippen molar-refractivity contribution in [2.75, 3.05) is 50.0 Å². The molecular weight excluding hydrogens is 452 g/mol. The predicted molar refractivity (Wildman–Crippen MR) is 127 cm³/mol. The van der Waals surface area contributed by atoms with Crippen LogP contribution in [0.2, 0.25) is 0 Å². The number of nitrogens with zero attached hydrogens (tertiary/aromatic N) is 7. The van der Waals surface area contributed by atoms with Gasteiger partial charge in [-0.05, 0) is 31.9 Å². The molecule has 1 fully saturated rings. The lowest BCUT2D eigenvalue weighted by atomic mass is 10.1. The Kier molecular flexibility index (Phi) is 7.51. The van der Waals surface area contributed by atoms with E-state index in [0.717, 1.165) is 11.3 Å². The second-order valence-electron chi connectivity index (χ2n) is 7.93. The zero-order valence-corrected chi connectivity index (χ0v) is 19.5. The van der Waals surface area contributed by atoms with Crippen molar-refractivity contribution in [3.8, 4) is 5.69 Å². The molecule has 1 aliphatic heterocycles. The Bertz CT molecular complexity index is 1180. The van der Waals surface area contributed by atoms with Crippen molar-refractivity contribution in [1.29, 1.82) is 0 Å². The molecule has 4 rings (SSSR count). The van der Waals surface area contributed by atoms with Crippen molar-refractivity contribution >= 4 is 23.8 Å². The molecule has 0 saturated carbocycles. The Morgan fingerprint density at radius 2 is 1.83 bits per heavy atom. The number of esters is 1. The molecule has 1 aromatic carbocycles. The average molecular weight is 481 g/mol. The first-order valence-corrected chi connectivity index (χ1v) is 11.5. The number of nitrogen functional groups attached to an aromatic ring is 1. The number of hydrogen-bond acceptors (Lipinski definition) is 10. The highest BCUT2D eigenvalue weighted by Gasteiger charge is 2.28. The van der Waals surface area contributed by atoms with Crippen molar-refractivity contribution in [3.05, 3.63) is 53.6 Å². The van der Waals surface area contributed by atoms with E-state index in [9.17, 15) is 14.7 Å². The molecular formula is C23H28N8O4. The SMILES string of the molecule is CCOC(=O)c1nc(N)nc(N2CCN(C(=O)c3nn(-c4ccccc4)cc3CCCO)CC2)n1. The Morgan fingerprint density at radius 3 is 2.51 bits per heavy atom. The zero-order chi connectivity index (χ0) is 24.8. The molecule has 1 saturated heterocycles. The van der Waals surface area contributed by atoms with E-state index in [0.29, 0.717) is 44.7 Å². The molecule has 0 bridgehead atoms. The fraction of sp³-hybridized carbons (Fsp3) is 0.391. The third kappa shape index (κ3) is 5.54. The van der Waals surface area contributed by atoms with E-state index in [1.165, 1.54) is 0 Å². The Morgan fingerprint density at radius 1 is 1.09 bits per heavy atom. The summed E-state index contributed by atoms with van der Waals surface area (Å²) >= 11 is 0. The maximum absolute atomic E-state index is 13.4. The summed E-state index contributed by atoms with van der Waals surface area (Å²) in [5, 5.41) is 13.9. The van der Waals surface area contributed by atoms with E-state index in [1.807, 2.05) is 41.4 Å². The quantitative estimate of drug-likeness (QED) is 0.441. The standard InChI is InChI=1S/C23H28N8O4/c1-2-35-21(34)19-25-22(24)27-23(26-19)30-12-10-29(11-13-30)20(33)18-16(7-6-14-32)15-31(28-18)17-8-4-3-5-9-17/h3-5,8-9,15,32H,2,6-7,10-14H2,1H3,(H2,24,25,26,27). The maximum atomic E-state index is 13.4. The van der Waals surface area contributed by atoms with Gasteiger partial charge in [0.25, 0.3) is 5.91 Å². The minimum Gasteiger partial charge on any atom is -0.460 e. The molecule has 1 aliphatic rings. The molecule has 12 nitrogen and oxygen atoms in total. The van der Waals surface area contributed by atoms with E-state index < -0.39 is 5.97 Å². The lowest BCUT2D eigenvalue weighted by molar-refractivity contribution is 0.0511. The molecule has 35 heavy (non-hydrogen) atoms. The van der Waals surface area contributed by atoms with Crippen LogP contribution in [0.25, 0.3) is 5.69 Å². The van der Waals surface area contributed by atoms with Crippen LogP contribution < -0.4 is 10.6 Å². The van der Waals surface area contributed by atoms with E-state index >= 15 is 0 Å². The number of ether oxygens (including phenoxy) is 1. The largest absolute Gasteiger partial charge is 0.460 e. The number of aromatic nitrogens is 5. The maximum Gasteiger partial charge on any atom is 0.376 e. The van der Waals surface area contributed by atoms with Crippen molar-refractivity contribution in [2.24, 2.45) is 0 Å². The average Bonchev–Trinajstić information content (AvgIpc) is 3.31. The van der Waals surface area contributed by atoms with Gasteiger partial charge >= 0.3 is 5.97 Å². The minimum absolute atomic E-state index is 0.0334. The summed E-state index contributed by atoms with van der Waals surface area (Å²) in [6.45, 7) is 3.64. The number of amides is 1. The Labute approximate surface area is 202 Å². The highest BCUT2D eigenvalue weighted by atomic mass is 16.5. The molecule has 0 spiro atoms. The molecule has 0 unspecified atom stereocenters. The number of para-hydroxylation sites is 1. The lowest BCUT2D eigenvalue weighted by Crippen LogP contribution is -2.49. The molecule has 3 heterocycles. The number of piperazine rings is 1. The molecule has 3 N–H and O–H groups in total. The van der Waals surface area contributed by atoms with Crippen LogP contribution in [-0.2, 0) is 11.2 Å². The van der Waals surface area contributed by atoms with Gasteiger partial charge in [0, 0.05) is 44.5 Å². The van der Waals surface area contributed by atoms with E-state index in [4.69, 9.17) is 10.5 Å². The van der Waals surface area contributed by atoms with Gasteiger partial charge in [0.15, 0.2) is 5.69 Å². The number of carbonyl (C=O) groups excluding carboxylic acids is 2. The van der Waals surface area contributed by atoms with Crippen LogP contribution in [0.15, 0.2) is 36.5 Å². The highest BCUT2D eigenvalue weighted by molar-refractivity contribution is 5.94. The summed E-state index contributed by atoms with van der Waals surface area (Å²) in [6.07, 6.45) is 2.93. The summed E-state index contributed by atoms with van der Waals surface area (Å²) < 4.78 is 6.65. The molecule has 0 atom stereocenters. The first kappa shape index (κ1) is 24.1. The third-order valence-corrected chi connectivity index (χ3v) is 5.57. The third-order valence-electron chi connectivity index (χ3n) is 5.57. The van der Waals surface area contributed by atoms with Crippen LogP contribution in [0.4, 0.5) is 11.9 Å². The van der Waals surface area contributed by atoms with Gasteiger partial charge in [-0.2, -0.15) is 20.1 Å². The molecule has 2 aromatic heterocycles. The van der Waals surface area contributed by atoms with Crippen molar-refractivity contribution in [3.63, 3.8) is 0 Å². The van der Waals surface area contributed by atoms with Gasteiger partial charge in [0.2, 0.25) is 17.7 Å². The second kappa shape index (κ2) is 10.9. The van der Waals surface area contributed by atoms with Crippen LogP contribution in [0, 0.1) is 0 Å². The normalized spacial score (nSPS) is 13.7. The number of aliphatic hydroxyl groups excluding tert-OH is 1. The number of anilines is 2. The van der Waals surface area contributed by atoms with Gasteiger partial charge in [-0.25, -0.2) is 9.48 Å². The molecule has 12 heteroatoms. The van der Waals surface area contributed by atoms with Gasteiger partial charge in [0.1, 0.15) is 0 Å². The van der Waals surface area contributed by atoms with Gasteiger partial charge < -0.3 is 25.4 Å². The predicted octanol–water partition coefficient (Wildman–Crippen LogP) is 0.704. The first-order chi connectivity index (χ1) is 17.0. The Balaban J connectivity index is 1.49. The fourth-order valence-electron chi connectivity index (χ4n) is 3.82. The monoisotopic (exact) mass is 480 g/mol. The highest BCUT2D eigenvalue weighted by Crippen LogP contribution is 2.19. The second-order valence-corrected chi connectivity index (χ2v) is 7.93. The summed E-state index contributed by atoms with van der Waals surface area (Å²) in [5.74, 6) is -0.787. The number of aliphatic hydroxyl groups is 1. The molecule has 3 aromatic rings. The zero-order valence-electron chi connectivity index (χ0n) is 19.5. The lowest BCUT2D eigenvalue weighted by Gasteiger charge is -2.34. The number of nitrogens with two attached hydrogens (primary N) is 1.